The van der Waals surface area contributed by atoms with Crippen LogP contribution in [-0.2, 0) is 6.42 Å². The number of rotatable bonds is 2. The van der Waals surface area contributed by atoms with E-state index in [2.05, 4.69) is 5.32 Å². The third-order valence-electron chi connectivity index (χ3n) is 3.76. The summed E-state index contributed by atoms with van der Waals surface area (Å²) in [6.45, 7) is 2.38. The first-order chi connectivity index (χ1) is 8.88. The summed E-state index contributed by atoms with van der Waals surface area (Å²) >= 11 is 0. The van der Waals surface area contributed by atoms with Gasteiger partial charge in [-0.2, -0.15) is 13.2 Å². The molecule has 1 N–H and O–H groups in total. The first kappa shape index (κ1) is 14.3. The zero-order valence-corrected chi connectivity index (χ0v) is 10.7. The van der Waals surface area contributed by atoms with Crippen LogP contribution in [0, 0.1) is 18.7 Å². The second-order valence-corrected chi connectivity index (χ2v) is 5.13. The highest BCUT2D eigenvalue weighted by molar-refractivity contribution is 5.27. The fourth-order valence-electron chi connectivity index (χ4n) is 2.66. The first-order valence-corrected chi connectivity index (χ1v) is 6.43. The van der Waals surface area contributed by atoms with Crippen molar-refractivity contribution in [1.29, 1.82) is 0 Å². The summed E-state index contributed by atoms with van der Waals surface area (Å²) < 4.78 is 52.1. The van der Waals surface area contributed by atoms with E-state index in [1.54, 1.807) is 13.0 Å². The van der Waals surface area contributed by atoms with Crippen LogP contribution in [0.1, 0.15) is 24.0 Å². The summed E-state index contributed by atoms with van der Waals surface area (Å²) in [6, 6.07) is 3.61. The lowest BCUT2D eigenvalue weighted by Crippen LogP contribution is -2.48. The van der Waals surface area contributed by atoms with E-state index in [4.69, 9.17) is 0 Å². The number of halogens is 4. The first-order valence-electron chi connectivity index (χ1n) is 6.43. The van der Waals surface area contributed by atoms with E-state index in [-0.39, 0.29) is 12.8 Å². The number of hydrogen-bond donors (Lipinski definition) is 1. The molecule has 0 spiro atoms. The van der Waals surface area contributed by atoms with Crippen molar-refractivity contribution >= 4 is 0 Å². The van der Waals surface area contributed by atoms with Crippen molar-refractivity contribution in [2.45, 2.75) is 38.4 Å². The highest BCUT2D eigenvalue weighted by atomic mass is 19.4. The molecule has 0 saturated carbocycles. The van der Waals surface area contributed by atoms with Gasteiger partial charge < -0.3 is 5.32 Å². The molecule has 0 radical (unpaired) electrons. The molecule has 106 valence electrons. The molecule has 1 heterocycles. The SMILES string of the molecule is Cc1ccc(F)cc1CC1NCCCC1C(F)(F)F. The zero-order chi connectivity index (χ0) is 14.0. The lowest BCUT2D eigenvalue weighted by molar-refractivity contribution is -0.188. The Morgan fingerprint density at radius 2 is 2.05 bits per heavy atom. The molecular formula is C14H17F4N. The van der Waals surface area contributed by atoms with E-state index >= 15 is 0 Å². The molecule has 5 heteroatoms. The van der Waals surface area contributed by atoms with Crippen LogP contribution in [0.5, 0.6) is 0 Å². The summed E-state index contributed by atoms with van der Waals surface area (Å²) in [4.78, 5) is 0. The van der Waals surface area contributed by atoms with Gasteiger partial charge in [0.1, 0.15) is 5.82 Å². The van der Waals surface area contributed by atoms with Gasteiger partial charge in [-0.15, -0.1) is 0 Å². The quantitative estimate of drug-likeness (QED) is 0.813. The summed E-state index contributed by atoms with van der Waals surface area (Å²) in [5.74, 6) is -1.75. The number of aryl methyl sites for hydroxylation is 1. The van der Waals surface area contributed by atoms with Crippen molar-refractivity contribution in [3.05, 3.63) is 35.1 Å². The van der Waals surface area contributed by atoms with Crippen molar-refractivity contribution in [2.75, 3.05) is 6.54 Å². The fourth-order valence-corrected chi connectivity index (χ4v) is 2.66. The number of hydrogen-bond acceptors (Lipinski definition) is 1. The normalized spacial score (nSPS) is 24.5. The molecule has 0 aliphatic carbocycles. The van der Waals surface area contributed by atoms with Crippen LogP contribution in [0.4, 0.5) is 17.6 Å². The summed E-state index contributed by atoms with van der Waals surface area (Å²) in [5, 5.41) is 2.93. The molecule has 1 aromatic rings. The highest BCUT2D eigenvalue weighted by Gasteiger charge is 2.45. The summed E-state index contributed by atoms with van der Waals surface area (Å²) in [6.07, 6.45) is -3.30. The van der Waals surface area contributed by atoms with Crippen molar-refractivity contribution in [1.82, 2.24) is 5.32 Å². The standard InChI is InChI=1S/C14H17F4N/c1-9-4-5-11(15)7-10(9)8-13-12(14(16,17)18)3-2-6-19-13/h4-5,7,12-13,19H,2-3,6,8H2,1H3. The van der Waals surface area contributed by atoms with Gasteiger partial charge in [-0.05, 0) is 56.0 Å². The summed E-state index contributed by atoms with van der Waals surface area (Å²) in [7, 11) is 0. The molecule has 1 saturated heterocycles. The van der Waals surface area contributed by atoms with Gasteiger partial charge in [0.25, 0.3) is 0 Å². The largest absolute Gasteiger partial charge is 0.393 e. The maximum atomic E-state index is 13.2. The van der Waals surface area contributed by atoms with Gasteiger partial charge in [-0.1, -0.05) is 6.07 Å². The molecule has 1 fully saturated rings. The fraction of sp³-hybridized carbons (Fsp3) is 0.571. The van der Waals surface area contributed by atoms with Gasteiger partial charge in [0.2, 0.25) is 0 Å². The van der Waals surface area contributed by atoms with Crippen LogP contribution in [0.3, 0.4) is 0 Å². The third kappa shape index (κ3) is 3.47. The number of benzene rings is 1. The molecule has 1 nitrogen and oxygen atoms in total. The van der Waals surface area contributed by atoms with Crippen molar-refractivity contribution in [3.63, 3.8) is 0 Å². The van der Waals surface area contributed by atoms with Crippen LogP contribution in [-0.4, -0.2) is 18.8 Å². The van der Waals surface area contributed by atoms with Crippen LogP contribution in [0.25, 0.3) is 0 Å². The number of piperidine rings is 1. The van der Waals surface area contributed by atoms with Crippen molar-refractivity contribution in [2.24, 2.45) is 5.92 Å². The average Bonchev–Trinajstić information content (AvgIpc) is 2.33. The lowest BCUT2D eigenvalue weighted by Gasteiger charge is -2.34. The topological polar surface area (TPSA) is 12.0 Å². The van der Waals surface area contributed by atoms with Crippen LogP contribution >= 0.6 is 0 Å². The van der Waals surface area contributed by atoms with Crippen LogP contribution < -0.4 is 5.32 Å². The molecule has 2 atom stereocenters. The smallest absolute Gasteiger partial charge is 0.313 e. The summed E-state index contributed by atoms with van der Waals surface area (Å²) in [5.41, 5.74) is 1.48. The Hall–Kier alpha value is -1.10. The average molecular weight is 275 g/mol. The molecule has 19 heavy (non-hydrogen) atoms. The van der Waals surface area contributed by atoms with E-state index in [0.717, 1.165) is 5.56 Å². The van der Waals surface area contributed by atoms with Crippen molar-refractivity contribution < 1.29 is 17.6 Å². The van der Waals surface area contributed by atoms with Crippen LogP contribution in [0.15, 0.2) is 18.2 Å². The molecular weight excluding hydrogens is 258 g/mol. The monoisotopic (exact) mass is 275 g/mol. The van der Waals surface area contributed by atoms with Gasteiger partial charge in [-0.3, -0.25) is 0 Å². The van der Waals surface area contributed by atoms with E-state index in [9.17, 15) is 17.6 Å². The van der Waals surface area contributed by atoms with Gasteiger partial charge >= 0.3 is 6.18 Å². The van der Waals surface area contributed by atoms with Crippen molar-refractivity contribution in [3.8, 4) is 0 Å². The minimum absolute atomic E-state index is 0.148. The van der Waals surface area contributed by atoms with Gasteiger partial charge in [0.15, 0.2) is 0 Å². The molecule has 2 unspecified atom stereocenters. The minimum Gasteiger partial charge on any atom is -0.313 e. The van der Waals surface area contributed by atoms with E-state index < -0.39 is 24.0 Å². The Balaban J connectivity index is 2.17. The van der Waals surface area contributed by atoms with Crippen LogP contribution in [0.2, 0.25) is 0 Å². The number of nitrogens with one attached hydrogen (secondary N) is 1. The predicted octanol–water partition coefficient (Wildman–Crippen LogP) is 3.61. The third-order valence-corrected chi connectivity index (χ3v) is 3.76. The van der Waals surface area contributed by atoms with E-state index in [1.165, 1.54) is 12.1 Å². The Morgan fingerprint density at radius 3 is 2.74 bits per heavy atom. The Bertz CT molecular complexity index is 442. The number of alkyl halides is 3. The highest BCUT2D eigenvalue weighted by Crippen LogP contribution is 2.35. The van der Waals surface area contributed by atoms with E-state index in [0.29, 0.717) is 18.5 Å². The second kappa shape index (κ2) is 5.49. The molecule has 1 aliphatic rings. The molecule has 0 bridgehead atoms. The van der Waals surface area contributed by atoms with E-state index in [1.807, 2.05) is 0 Å². The molecule has 2 rings (SSSR count). The van der Waals surface area contributed by atoms with Gasteiger partial charge in [-0.25, -0.2) is 4.39 Å². The molecule has 0 amide bonds. The molecule has 1 aliphatic heterocycles. The van der Waals surface area contributed by atoms with Gasteiger partial charge in [0.05, 0.1) is 5.92 Å². The lowest BCUT2D eigenvalue weighted by atomic mass is 9.85. The Labute approximate surface area is 110 Å². The zero-order valence-electron chi connectivity index (χ0n) is 10.7. The Morgan fingerprint density at radius 1 is 1.32 bits per heavy atom. The predicted molar refractivity (Wildman–Crippen MR) is 65.4 cm³/mol. The van der Waals surface area contributed by atoms with Gasteiger partial charge in [0, 0.05) is 6.04 Å². The minimum atomic E-state index is -4.20. The Kier molecular flexibility index (Phi) is 4.13. The molecule has 0 aromatic heterocycles. The maximum absolute atomic E-state index is 13.2. The molecule has 1 aromatic carbocycles. The second-order valence-electron chi connectivity index (χ2n) is 5.13. The maximum Gasteiger partial charge on any atom is 0.393 e.